The number of carbonyl (C=O) groups excluding carboxylic acids is 3. The number of hydrogen-bond acceptors (Lipinski definition) is 5. The molecule has 1 N–H and O–H groups in total. The van der Waals surface area contributed by atoms with Crippen LogP contribution in [-0.2, 0) is 6.18 Å². The molecule has 0 unspecified atom stereocenters. The first kappa shape index (κ1) is 22.3. The number of amides is 1. The normalized spacial score (nSPS) is 11.0. The van der Waals surface area contributed by atoms with Crippen molar-refractivity contribution < 1.29 is 32.5 Å². The molecule has 0 aliphatic rings. The minimum Gasteiger partial charge on any atom is -0.321 e. The molecule has 32 heavy (non-hydrogen) atoms. The molecule has 0 atom stereocenters. The van der Waals surface area contributed by atoms with Crippen LogP contribution in [0.3, 0.4) is 0 Å². The molecule has 1 amide bonds. The van der Waals surface area contributed by atoms with Crippen molar-refractivity contribution >= 4 is 28.8 Å². The molecular formula is C22H13F3N2O5. The van der Waals surface area contributed by atoms with Gasteiger partial charge in [0.05, 0.1) is 21.7 Å². The Bertz CT molecular complexity index is 1210. The lowest BCUT2D eigenvalue weighted by atomic mass is 9.98. The fourth-order valence-corrected chi connectivity index (χ4v) is 2.79. The number of nitro groups is 1. The molecule has 3 rings (SSSR count). The van der Waals surface area contributed by atoms with Gasteiger partial charge in [0, 0.05) is 23.3 Å². The van der Waals surface area contributed by atoms with Crippen molar-refractivity contribution in [3.63, 3.8) is 0 Å². The van der Waals surface area contributed by atoms with E-state index in [0.29, 0.717) is 12.1 Å². The van der Waals surface area contributed by atoms with Crippen molar-refractivity contribution in [3.8, 4) is 0 Å². The summed E-state index contributed by atoms with van der Waals surface area (Å²) >= 11 is 0. The smallest absolute Gasteiger partial charge is 0.321 e. The number of hydrogen-bond donors (Lipinski definition) is 1. The van der Waals surface area contributed by atoms with Gasteiger partial charge in [-0.25, -0.2) is 0 Å². The molecular weight excluding hydrogens is 429 g/mol. The molecule has 3 aromatic carbocycles. The van der Waals surface area contributed by atoms with Crippen molar-refractivity contribution in [1.82, 2.24) is 0 Å². The number of rotatable bonds is 6. The van der Waals surface area contributed by atoms with E-state index in [9.17, 15) is 37.7 Å². The number of ketones is 2. The molecule has 0 aliphatic carbocycles. The third-order valence-corrected chi connectivity index (χ3v) is 4.42. The van der Waals surface area contributed by atoms with E-state index >= 15 is 0 Å². The number of Topliss-reactive ketones (excluding diaryl/α,β-unsaturated/α-hetero) is 2. The lowest BCUT2D eigenvalue weighted by molar-refractivity contribution is -0.384. The highest BCUT2D eigenvalue weighted by molar-refractivity contribution is 6.50. The molecule has 0 spiro atoms. The third kappa shape index (κ3) is 4.86. The van der Waals surface area contributed by atoms with Gasteiger partial charge in [-0.2, -0.15) is 13.2 Å². The van der Waals surface area contributed by atoms with Gasteiger partial charge in [0.2, 0.25) is 11.6 Å². The topological polar surface area (TPSA) is 106 Å². The van der Waals surface area contributed by atoms with Gasteiger partial charge in [-0.15, -0.1) is 0 Å². The average molecular weight is 442 g/mol. The number of nitro benzene ring substituents is 1. The van der Waals surface area contributed by atoms with E-state index in [2.05, 4.69) is 5.32 Å². The Morgan fingerprint density at radius 1 is 0.812 bits per heavy atom. The summed E-state index contributed by atoms with van der Waals surface area (Å²) in [7, 11) is 0. The van der Waals surface area contributed by atoms with E-state index in [0.717, 1.165) is 30.3 Å². The molecule has 0 saturated heterocycles. The first-order chi connectivity index (χ1) is 15.1. The second-order valence-corrected chi connectivity index (χ2v) is 6.54. The number of nitrogens with one attached hydrogen (secondary N) is 1. The van der Waals surface area contributed by atoms with Crippen LogP contribution in [0.1, 0.15) is 36.6 Å². The zero-order chi connectivity index (χ0) is 23.5. The average Bonchev–Trinajstić information content (AvgIpc) is 2.78. The van der Waals surface area contributed by atoms with Crippen molar-refractivity contribution in [2.45, 2.75) is 6.18 Å². The van der Waals surface area contributed by atoms with Crippen LogP contribution >= 0.6 is 0 Å². The van der Waals surface area contributed by atoms with Crippen molar-refractivity contribution in [2.75, 3.05) is 5.32 Å². The van der Waals surface area contributed by atoms with Crippen molar-refractivity contribution in [1.29, 1.82) is 0 Å². The van der Waals surface area contributed by atoms with Crippen molar-refractivity contribution in [3.05, 3.63) is 105 Å². The molecule has 0 saturated carbocycles. The number of halogens is 3. The number of nitrogens with zero attached hydrogens (tertiary/aromatic N) is 1. The SMILES string of the molecule is O=C(Nc1ccc(C(F)(F)F)cc1C(=O)C(=O)c1ccccc1)c1ccc([N+](=O)[O-])cc1. The summed E-state index contributed by atoms with van der Waals surface area (Å²) in [6, 6.07) is 13.7. The molecule has 0 radical (unpaired) electrons. The van der Waals surface area contributed by atoms with Crippen LogP contribution in [0.2, 0.25) is 0 Å². The van der Waals surface area contributed by atoms with Crippen LogP contribution in [-0.4, -0.2) is 22.4 Å². The summed E-state index contributed by atoms with van der Waals surface area (Å²) in [6.45, 7) is 0. The zero-order valence-corrected chi connectivity index (χ0v) is 16.1. The summed E-state index contributed by atoms with van der Waals surface area (Å²) < 4.78 is 39.5. The van der Waals surface area contributed by atoms with Gasteiger partial charge in [0.1, 0.15) is 0 Å². The number of non-ortho nitro benzene ring substituents is 1. The first-order valence-electron chi connectivity index (χ1n) is 8.99. The molecule has 3 aromatic rings. The summed E-state index contributed by atoms with van der Waals surface area (Å²) in [5, 5.41) is 13.0. The highest BCUT2D eigenvalue weighted by atomic mass is 19.4. The summed E-state index contributed by atoms with van der Waals surface area (Å²) in [5.74, 6) is -3.11. The standard InChI is InChI=1S/C22H13F3N2O5/c23-22(24,25)15-8-11-18(26-21(30)14-6-9-16(10-7-14)27(31)32)17(12-15)20(29)19(28)13-4-2-1-3-5-13/h1-12H,(H,26,30). The van der Waals surface area contributed by atoms with Gasteiger partial charge in [0.25, 0.3) is 11.6 Å². The monoisotopic (exact) mass is 442 g/mol. The van der Waals surface area contributed by atoms with E-state index < -0.39 is 39.7 Å². The second-order valence-electron chi connectivity index (χ2n) is 6.54. The second kappa shape index (κ2) is 8.80. The molecule has 10 heteroatoms. The molecule has 7 nitrogen and oxygen atoms in total. The maximum absolute atomic E-state index is 13.2. The maximum atomic E-state index is 13.2. The van der Waals surface area contributed by atoms with Gasteiger partial charge >= 0.3 is 6.18 Å². The Kier molecular flexibility index (Phi) is 6.15. The van der Waals surface area contributed by atoms with Gasteiger partial charge in [-0.1, -0.05) is 30.3 Å². The predicted molar refractivity (Wildman–Crippen MR) is 108 cm³/mol. The number of anilines is 1. The van der Waals surface area contributed by atoms with E-state index in [-0.39, 0.29) is 22.5 Å². The molecule has 162 valence electrons. The lowest BCUT2D eigenvalue weighted by Gasteiger charge is -2.14. The molecule has 0 aliphatic heterocycles. The molecule has 0 bridgehead atoms. The number of carbonyl (C=O) groups is 3. The molecule has 0 fully saturated rings. The Morgan fingerprint density at radius 3 is 2.00 bits per heavy atom. The summed E-state index contributed by atoms with van der Waals surface area (Å²) in [6.07, 6.45) is -4.79. The predicted octanol–water partition coefficient (Wildman–Crippen LogP) is 4.93. The number of alkyl halides is 3. The van der Waals surface area contributed by atoms with Crippen LogP contribution in [0.5, 0.6) is 0 Å². The van der Waals surface area contributed by atoms with Crippen LogP contribution in [0, 0.1) is 10.1 Å². The van der Waals surface area contributed by atoms with E-state index in [1.54, 1.807) is 6.07 Å². The highest BCUT2D eigenvalue weighted by Gasteiger charge is 2.33. The van der Waals surface area contributed by atoms with Gasteiger partial charge < -0.3 is 5.32 Å². The highest BCUT2D eigenvalue weighted by Crippen LogP contribution is 2.32. The number of benzene rings is 3. The Hall–Kier alpha value is -4.34. The zero-order valence-electron chi connectivity index (χ0n) is 16.1. The van der Waals surface area contributed by atoms with E-state index in [4.69, 9.17) is 0 Å². The van der Waals surface area contributed by atoms with Crippen LogP contribution < -0.4 is 5.32 Å². The van der Waals surface area contributed by atoms with Gasteiger partial charge in [-0.05, 0) is 30.3 Å². The fraction of sp³-hybridized carbons (Fsp3) is 0.0455. The van der Waals surface area contributed by atoms with Crippen LogP contribution in [0.4, 0.5) is 24.5 Å². The summed E-state index contributed by atoms with van der Waals surface area (Å²) in [5.41, 5.74) is -2.44. The third-order valence-electron chi connectivity index (χ3n) is 4.42. The van der Waals surface area contributed by atoms with E-state index in [1.165, 1.54) is 24.3 Å². The molecule has 0 aromatic heterocycles. The minimum absolute atomic E-state index is 0.0254. The Labute approximate surface area is 178 Å². The molecule has 0 heterocycles. The van der Waals surface area contributed by atoms with Crippen molar-refractivity contribution in [2.24, 2.45) is 0 Å². The Balaban J connectivity index is 1.98. The largest absolute Gasteiger partial charge is 0.416 e. The van der Waals surface area contributed by atoms with Gasteiger partial charge in [0.15, 0.2) is 0 Å². The quantitative estimate of drug-likeness (QED) is 0.252. The maximum Gasteiger partial charge on any atom is 0.416 e. The summed E-state index contributed by atoms with van der Waals surface area (Å²) in [4.78, 5) is 47.8. The van der Waals surface area contributed by atoms with Crippen LogP contribution in [0.15, 0.2) is 72.8 Å². The first-order valence-corrected chi connectivity index (χ1v) is 8.99. The van der Waals surface area contributed by atoms with E-state index in [1.807, 2.05) is 0 Å². The fourth-order valence-electron chi connectivity index (χ4n) is 2.79. The lowest BCUT2D eigenvalue weighted by Crippen LogP contribution is -2.20. The minimum atomic E-state index is -4.79. The van der Waals surface area contributed by atoms with Crippen LogP contribution in [0.25, 0.3) is 0 Å². The Morgan fingerprint density at radius 2 is 1.44 bits per heavy atom. The van der Waals surface area contributed by atoms with Gasteiger partial charge in [-0.3, -0.25) is 24.5 Å².